The van der Waals surface area contributed by atoms with Gasteiger partial charge in [0, 0.05) is 41.1 Å². The molecule has 0 unspecified atom stereocenters. The summed E-state index contributed by atoms with van der Waals surface area (Å²) in [5.41, 5.74) is 5.58. The molecule has 0 aliphatic rings. The number of aromatic nitrogens is 2. The molecule has 5 aromatic rings. The molecule has 6 heteroatoms. The van der Waals surface area contributed by atoms with Crippen molar-refractivity contribution >= 4 is 27.8 Å². The van der Waals surface area contributed by atoms with E-state index in [0.717, 1.165) is 38.5 Å². The normalized spacial score (nSPS) is 11.3. The van der Waals surface area contributed by atoms with Crippen molar-refractivity contribution < 1.29 is 13.9 Å². The van der Waals surface area contributed by atoms with Crippen LogP contribution < -0.4 is 5.56 Å². The Balaban J connectivity index is 1.92. The van der Waals surface area contributed by atoms with Gasteiger partial charge in [0.2, 0.25) is 0 Å². The van der Waals surface area contributed by atoms with Gasteiger partial charge >= 0.3 is 5.97 Å². The van der Waals surface area contributed by atoms with Gasteiger partial charge in [-0.15, -0.1) is 0 Å². The standard InChI is InChI=1S/C29H25FN2O3/c1-18-8-12-20(13-9-18)26-24(16-25(33)35-3)31(2)29(34)28-27(26)22-6-4-5-7-23(22)32(28)17-19-10-14-21(30)15-11-19/h4-15H,16-17H2,1-3H3. The topological polar surface area (TPSA) is 53.2 Å². The largest absolute Gasteiger partial charge is 0.469 e. The first kappa shape index (κ1) is 22.6. The van der Waals surface area contributed by atoms with Crippen molar-refractivity contribution in [3.63, 3.8) is 0 Å². The van der Waals surface area contributed by atoms with Crippen molar-refractivity contribution in [3.05, 3.63) is 106 Å². The van der Waals surface area contributed by atoms with E-state index < -0.39 is 5.97 Å². The van der Waals surface area contributed by atoms with Crippen molar-refractivity contribution in [2.45, 2.75) is 19.9 Å². The lowest BCUT2D eigenvalue weighted by Gasteiger charge is -2.17. The van der Waals surface area contributed by atoms with Gasteiger partial charge in [-0.2, -0.15) is 0 Å². The van der Waals surface area contributed by atoms with E-state index in [2.05, 4.69) is 0 Å². The molecule has 0 aliphatic carbocycles. The van der Waals surface area contributed by atoms with E-state index in [4.69, 9.17) is 4.74 Å². The van der Waals surface area contributed by atoms with Crippen LogP contribution in [0, 0.1) is 12.7 Å². The summed E-state index contributed by atoms with van der Waals surface area (Å²) in [7, 11) is 3.04. The van der Waals surface area contributed by atoms with Gasteiger partial charge in [0.25, 0.3) is 5.56 Å². The molecule has 5 rings (SSSR count). The predicted molar refractivity (Wildman–Crippen MR) is 136 cm³/mol. The number of hydrogen-bond acceptors (Lipinski definition) is 3. The molecular weight excluding hydrogens is 443 g/mol. The summed E-state index contributed by atoms with van der Waals surface area (Å²) in [4.78, 5) is 26.2. The average molecular weight is 469 g/mol. The lowest BCUT2D eigenvalue weighted by molar-refractivity contribution is -0.139. The summed E-state index contributed by atoms with van der Waals surface area (Å²) in [5.74, 6) is -0.719. The van der Waals surface area contributed by atoms with Crippen LogP contribution in [0.4, 0.5) is 4.39 Å². The Bertz CT molecular complexity index is 1630. The van der Waals surface area contributed by atoms with E-state index in [9.17, 15) is 14.0 Å². The molecule has 0 N–H and O–H groups in total. The molecule has 2 aromatic heterocycles. The van der Waals surface area contributed by atoms with Crippen molar-refractivity contribution in [1.82, 2.24) is 9.13 Å². The molecule has 176 valence electrons. The third-order valence-electron chi connectivity index (χ3n) is 6.56. The summed E-state index contributed by atoms with van der Waals surface area (Å²) in [6, 6.07) is 22.2. The van der Waals surface area contributed by atoms with E-state index in [1.54, 1.807) is 23.7 Å². The highest BCUT2D eigenvalue weighted by Gasteiger charge is 2.24. The number of methoxy groups -OCH3 is 1. The van der Waals surface area contributed by atoms with E-state index in [0.29, 0.717) is 17.8 Å². The lowest BCUT2D eigenvalue weighted by Crippen LogP contribution is -2.25. The van der Waals surface area contributed by atoms with Crippen LogP contribution in [-0.4, -0.2) is 22.2 Å². The minimum atomic E-state index is -0.414. The summed E-state index contributed by atoms with van der Waals surface area (Å²) in [5, 5.41) is 1.72. The summed E-state index contributed by atoms with van der Waals surface area (Å²) < 4.78 is 22.0. The van der Waals surface area contributed by atoms with Crippen molar-refractivity contribution in [1.29, 1.82) is 0 Å². The zero-order valence-corrected chi connectivity index (χ0v) is 19.8. The summed E-state index contributed by atoms with van der Waals surface area (Å²) in [6.45, 7) is 2.42. The Kier molecular flexibility index (Phi) is 5.73. The number of nitrogens with zero attached hydrogens (tertiary/aromatic N) is 2. The summed E-state index contributed by atoms with van der Waals surface area (Å²) >= 11 is 0. The maximum atomic E-state index is 13.8. The quantitative estimate of drug-likeness (QED) is 0.326. The van der Waals surface area contributed by atoms with E-state index >= 15 is 0 Å². The number of carbonyl (C=O) groups excluding carboxylic acids is 1. The fourth-order valence-electron chi connectivity index (χ4n) is 4.76. The first-order chi connectivity index (χ1) is 16.9. The van der Waals surface area contributed by atoms with E-state index in [1.165, 1.54) is 19.2 Å². The molecule has 5 nitrogen and oxygen atoms in total. The molecule has 0 atom stereocenters. The van der Waals surface area contributed by atoms with Crippen molar-refractivity contribution in [2.75, 3.05) is 7.11 Å². The van der Waals surface area contributed by atoms with Crippen LogP contribution in [-0.2, 0) is 29.5 Å². The average Bonchev–Trinajstić information content (AvgIpc) is 3.18. The van der Waals surface area contributed by atoms with Crippen molar-refractivity contribution in [2.24, 2.45) is 7.05 Å². The number of halogens is 1. The van der Waals surface area contributed by atoms with Gasteiger partial charge in [0.15, 0.2) is 0 Å². The Morgan fingerprint density at radius 2 is 1.66 bits per heavy atom. The second kappa shape index (κ2) is 8.87. The maximum Gasteiger partial charge on any atom is 0.311 e. The van der Waals surface area contributed by atoms with Gasteiger partial charge in [-0.05, 0) is 36.2 Å². The van der Waals surface area contributed by atoms with Crippen LogP contribution in [0.1, 0.15) is 16.8 Å². The predicted octanol–water partition coefficient (Wildman–Crippen LogP) is 5.37. The highest BCUT2D eigenvalue weighted by atomic mass is 19.1. The third kappa shape index (κ3) is 3.91. The van der Waals surface area contributed by atoms with Gasteiger partial charge in [0.1, 0.15) is 11.3 Å². The zero-order chi connectivity index (χ0) is 24.7. The Morgan fingerprint density at radius 3 is 2.34 bits per heavy atom. The van der Waals surface area contributed by atoms with Crippen LogP contribution in [0.5, 0.6) is 0 Å². The van der Waals surface area contributed by atoms with E-state index in [-0.39, 0.29) is 17.8 Å². The fourth-order valence-corrected chi connectivity index (χ4v) is 4.76. The number of ether oxygens (including phenoxy) is 1. The van der Waals surface area contributed by atoms with Crippen LogP contribution in [0.3, 0.4) is 0 Å². The van der Waals surface area contributed by atoms with E-state index in [1.807, 2.05) is 60.0 Å². The zero-order valence-electron chi connectivity index (χ0n) is 19.8. The molecule has 0 bridgehead atoms. The number of hydrogen-bond donors (Lipinski definition) is 0. The highest BCUT2D eigenvalue weighted by molar-refractivity contribution is 6.15. The Labute approximate surface area is 202 Å². The number of rotatable bonds is 5. The summed E-state index contributed by atoms with van der Waals surface area (Å²) in [6.07, 6.45) is -0.0289. The van der Waals surface area contributed by atoms with Gasteiger partial charge < -0.3 is 13.9 Å². The monoisotopic (exact) mass is 468 g/mol. The molecular formula is C29H25FN2O3. The number of benzene rings is 3. The first-order valence-electron chi connectivity index (χ1n) is 11.4. The SMILES string of the molecule is COC(=O)Cc1c(-c2ccc(C)cc2)c2c3ccccc3n(Cc3ccc(F)cc3)c2c(=O)n1C. The molecule has 35 heavy (non-hydrogen) atoms. The second-order valence-electron chi connectivity index (χ2n) is 8.76. The molecule has 2 heterocycles. The lowest BCUT2D eigenvalue weighted by atomic mass is 9.95. The molecule has 0 spiro atoms. The van der Waals surface area contributed by atoms with Gasteiger partial charge in [-0.1, -0.05) is 60.2 Å². The number of para-hydroxylation sites is 1. The van der Waals surface area contributed by atoms with Crippen LogP contribution in [0.2, 0.25) is 0 Å². The van der Waals surface area contributed by atoms with Crippen LogP contribution in [0.15, 0.2) is 77.6 Å². The number of esters is 1. The minimum absolute atomic E-state index is 0.0289. The van der Waals surface area contributed by atoms with Crippen LogP contribution >= 0.6 is 0 Å². The number of pyridine rings is 1. The number of fused-ring (bicyclic) bond motifs is 3. The fraction of sp³-hybridized carbons (Fsp3) is 0.172. The molecule has 0 saturated heterocycles. The van der Waals surface area contributed by atoms with Crippen LogP contribution in [0.25, 0.3) is 32.9 Å². The molecule has 0 saturated carbocycles. The number of aryl methyl sites for hydroxylation is 1. The minimum Gasteiger partial charge on any atom is -0.469 e. The highest BCUT2D eigenvalue weighted by Crippen LogP contribution is 2.38. The molecule has 0 fully saturated rings. The molecule has 0 aliphatic heterocycles. The molecule has 0 amide bonds. The maximum absolute atomic E-state index is 13.8. The Morgan fingerprint density at radius 1 is 0.971 bits per heavy atom. The van der Waals surface area contributed by atoms with Gasteiger partial charge in [-0.3, -0.25) is 9.59 Å². The smallest absolute Gasteiger partial charge is 0.311 e. The second-order valence-corrected chi connectivity index (χ2v) is 8.76. The van der Waals surface area contributed by atoms with Gasteiger partial charge in [-0.25, -0.2) is 4.39 Å². The molecule has 3 aromatic carbocycles. The van der Waals surface area contributed by atoms with Gasteiger partial charge in [0.05, 0.1) is 13.5 Å². The third-order valence-corrected chi connectivity index (χ3v) is 6.56. The first-order valence-corrected chi connectivity index (χ1v) is 11.4. The number of carbonyl (C=O) groups is 1. The van der Waals surface area contributed by atoms with Crippen molar-refractivity contribution in [3.8, 4) is 11.1 Å². The molecule has 0 radical (unpaired) electrons. The Hall–Kier alpha value is -4.19.